The van der Waals surface area contributed by atoms with E-state index in [1.165, 1.54) is 6.07 Å². The Hall–Kier alpha value is -3.70. The summed E-state index contributed by atoms with van der Waals surface area (Å²) in [4.78, 5) is 20.6. The molecule has 1 saturated heterocycles. The second kappa shape index (κ2) is 10.3. The third-order valence-corrected chi connectivity index (χ3v) is 5.60. The van der Waals surface area contributed by atoms with E-state index in [0.717, 1.165) is 30.4 Å². The summed E-state index contributed by atoms with van der Waals surface area (Å²) in [5.74, 6) is 0.317. The van der Waals surface area contributed by atoms with Crippen LogP contribution in [-0.4, -0.2) is 58.5 Å². The number of anilines is 1. The van der Waals surface area contributed by atoms with Crippen molar-refractivity contribution < 1.29 is 27.1 Å². The minimum atomic E-state index is -4.55. The fraction of sp³-hybridized carbons (Fsp3) is 0.435. The number of carbonyl (C=O) groups excluding carboxylic acids is 1. The highest BCUT2D eigenvalue weighted by molar-refractivity contribution is 5.74. The molecule has 1 aromatic carbocycles. The van der Waals surface area contributed by atoms with Crippen molar-refractivity contribution >= 4 is 11.7 Å². The quantitative estimate of drug-likeness (QED) is 0.560. The number of amides is 2. The van der Waals surface area contributed by atoms with Gasteiger partial charge < -0.3 is 24.3 Å². The van der Waals surface area contributed by atoms with Gasteiger partial charge in [-0.2, -0.15) is 18.3 Å². The topological polar surface area (TPSA) is 88.7 Å². The number of furan rings is 1. The number of aryl methyl sites for hydroxylation is 1. The van der Waals surface area contributed by atoms with Crippen LogP contribution in [-0.2, 0) is 12.7 Å². The van der Waals surface area contributed by atoms with Gasteiger partial charge in [-0.1, -0.05) is 0 Å². The van der Waals surface area contributed by atoms with Crippen molar-refractivity contribution in [2.24, 2.45) is 0 Å². The molecule has 9 nitrogen and oxygen atoms in total. The van der Waals surface area contributed by atoms with Crippen LogP contribution in [0.3, 0.4) is 0 Å². The van der Waals surface area contributed by atoms with Crippen molar-refractivity contribution in [1.82, 2.24) is 25.0 Å². The molecular formula is C23H27F3N6O3. The van der Waals surface area contributed by atoms with Crippen molar-refractivity contribution in [1.29, 1.82) is 0 Å². The van der Waals surface area contributed by atoms with E-state index < -0.39 is 11.9 Å². The predicted octanol–water partition coefficient (Wildman–Crippen LogP) is 4.01. The second-order valence-electron chi connectivity index (χ2n) is 8.07. The van der Waals surface area contributed by atoms with E-state index in [1.807, 2.05) is 32.0 Å². The molecule has 1 N–H and O–H groups in total. The molecular weight excluding hydrogens is 465 g/mol. The number of benzene rings is 1. The zero-order valence-electron chi connectivity index (χ0n) is 19.5. The lowest BCUT2D eigenvalue weighted by Gasteiger charge is -2.25. The molecule has 0 spiro atoms. The molecule has 4 rings (SSSR count). The number of ether oxygens (including phenoxy) is 1. The summed E-state index contributed by atoms with van der Waals surface area (Å²) in [6, 6.07) is 7.61. The molecule has 1 aliphatic rings. The average Bonchev–Trinajstić information content (AvgIpc) is 3.40. The normalized spacial score (nSPS) is 14.7. The molecule has 2 aromatic heterocycles. The monoisotopic (exact) mass is 492 g/mol. The van der Waals surface area contributed by atoms with Crippen LogP contribution in [0.1, 0.15) is 30.7 Å². The van der Waals surface area contributed by atoms with Gasteiger partial charge in [0.2, 0.25) is 5.76 Å². The maximum Gasteiger partial charge on any atom is 0.449 e. The summed E-state index contributed by atoms with van der Waals surface area (Å²) < 4.78 is 50.3. The molecule has 35 heavy (non-hydrogen) atoms. The Morgan fingerprint density at radius 1 is 1.17 bits per heavy atom. The maximum atomic E-state index is 12.7. The van der Waals surface area contributed by atoms with Gasteiger partial charge in [-0.3, -0.25) is 0 Å². The molecule has 0 atom stereocenters. The summed E-state index contributed by atoms with van der Waals surface area (Å²) >= 11 is 0. The van der Waals surface area contributed by atoms with Gasteiger partial charge in [-0.05, 0) is 44.5 Å². The first-order chi connectivity index (χ1) is 16.7. The van der Waals surface area contributed by atoms with Crippen LogP contribution in [0.15, 0.2) is 41.1 Å². The minimum Gasteiger partial charge on any atom is -0.492 e. The lowest BCUT2D eigenvalue weighted by molar-refractivity contribution is -0.153. The molecule has 2 amide bonds. The summed E-state index contributed by atoms with van der Waals surface area (Å²) in [6.45, 7) is 6.45. The maximum absolute atomic E-state index is 12.7. The van der Waals surface area contributed by atoms with E-state index in [-0.39, 0.29) is 18.3 Å². The molecule has 0 aliphatic carbocycles. The van der Waals surface area contributed by atoms with Crippen LogP contribution >= 0.6 is 0 Å². The molecule has 0 bridgehead atoms. The predicted molar refractivity (Wildman–Crippen MR) is 122 cm³/mol. The molecule has 12 heteroatoms. The Morgan fingerprint density at radius 3 is 2.69 bits per heavy atom. The molecule has 3 aromatic rings. The minimum absolute atomic E-state index is 0.0493. The van der Waals surface area contributed by atoms with E-state index in [9.17, 15) is 18.0 Å². The van der Waals surface area contributed by atoms with Crippen LogP contribution in [0.2, 0.25) is 0 Å². The first kappa shape index (κ1) is 24.4. The smallest absolute Gasteiger partial charge is 0.449 e. The zero-order chi connectivity index (χ0) is 25.0. The number of urea groups is 1. The third kappa shape index (κ3) is 5.87. The van der Waals surface area contributed by atoms with E-state index in [1.54, 1.807) is 15.9 Å². The van der Waals surface area contributed by atoms with Gasteiger partial charge in [0.1, 0.15) is 29.3 Å². The largest absolute Gasteiger partial charge is 0.492 e. The standard InChI is InChI=1S/C23H27F3N6O3/c1-3-34-20-13-17(5-7-19(20)32-15-28-16(2)29-32)30-9-4-10-31(12-11-30)22(33)27-14-18-6-8-21(35-18)23(24,25)26/h5-8,13,15H,3-4,9-12,14H2,1-2H3,(H,27,33). The highest BCUT2D eigenvalue weighted by Gasteiger charge is 2.34. The number of alkyl halides is 3. The Morgan fingerprint density at radius 2 is 2.00 bits per heavy atom. The highest BCUT2D eigenvalue weighted by atomic mass is 19.4. The molecule has 1 aliphatic heterocycles. The van der Waals surface area contributed by atoms with Crippen molar-refractivity contribution in [3.63, 3.8) is 0 Å². The van der Waals surface area contributed by atoms with Crippen LogP contribution in [0.25, 0.3) is 5.69 Å². The highest BCUT2D eigenvalue weighted by Crippen LogP contribution is 2.31. The number of rotatable bonds is 6. The number of nitrogens with zero attached hydrogens (tertiary/aromatic N) is 5. The van der Waals surface area contributed by atoms with Crippen LogP contribution in [0.4, 0.5) is 23.7 Å². The lowest BCUT2D eigenvalue weighted by Crippen LogP contribution is -2.41. The fourth-order valence-corrected chi connectivity index (χ4v) is 3.90. The summed E-state index contributed by atoms with van der Waals surface area (Å²) in [5, 5.41) is 7.00. The number of halogens is 3. The molecule has 1 fully saturated rings. The summed E-state index contributed by atoms with van der Waals surface area (Å²) in [7, 11) is 0. The number of hydrogen-bond donors (Lipinski definition) is 1. The Balaban J connectivity index is 1.38. The van der Waals surface area contributed by atoms with E-state index in [4.69, 9.17) is 9.15 Å². The first-order valence-electron chi connectivity index (χ1n) is 11.3. The van der Waals surface area contributed by atoms with Crippen LogP contribution < -0.4 is 15.0 Å². The van der Waals surface area contributed by atoms with Crippen molar-refractivity contribution in [2.75, 3.05) is 37.7 Å². The van der Waals surface area contributed by atoms with Crippen LogP contribution in [0.5, 0.6) is 5.75 Å². The van der Waals surface area contributed by atoms with E-state index in [2.05, 4.69) is 20.3 Å². The Kier molecular flexibility index (Phi) is 7.17. The van der Waals surface area contributed by atoms with Gasteiger partial charge in [0.25, 0.3) is 0 Å². The number of hydrogen-bond acceptors (Lipinski definition) is 6. The molecule has 0 unspecified atom stereocenters. The third-order valence-electron chi connectivity index (χ3n) is 5.60. The SMILES string of the molecule is CCOc1cc(N2CCCN(C(=O)NCc3ccc(C(F)(F)F)o3)CC2)ccc1-n1cnc(C)n1. The molecule has 0 radical (unpaired) electrons. The van der Waals surface area contributed by atoms with E-state index >= 15 is 0 Å². The van der Waals surface area contributed by atoms with E-state index in [0.29, 0.717) is 37.8 Å². The summed E-state index contributed by atoms with van der Waals surface area (Å²) in [5.41, 5.74) is 1.75. The van der Waals surface area contributed by atoms with Gasteiger partial charge in [-0.15, -0.1) is 0 Å². The molecule has 188 valence electrons. The Labute approximate surface area is 200 Å². The van der Waals surface area contributed by atoms with Gasteiger partial charge in [0.05, 0.1) is 13.2 Å². The number of aromatic nitrogens is 3. The van der Waals surface area contributed by atoms with Crippen molar-refractivity contribution in [3.8, 4) is 11.4 Å². The average molecular weight is 493 g/mol. The molecule has 0 saturated carbocycles. The number of carbonyl (C=O) groups is 1. The lowest BCUT2D eigenvalue weighted by atomic mass is 10.2. The zero-order valence-corrected chi connectivity index (χ0v) is 19.5. The van der Waals surface area contributed by atoms with Gasteiger partial charge in [-0.25, -0.2) is 14.5 Å². The van der Waals surface area contributed by atoms with Crippen LogP contribution in [0, 0.1) is 6.92 Å². The second-order valence-corrected chi connectivity index (χ2v) is 8.07. The van der Waals surface area contributed by atoms with Gasteiger partial charge >= 0.3 is 12.2 Å². The van der Waals surface area contributed by atoms with Gasteiger partial charge in [0.15, 0.2) is 0 Å². The van der Waals surface area contributed by atoms with Crippen molar-refractivity contribution in [3.05, 3.63) is 54.0 Å². The number of nitrogens with one attached hydrogen (secondary N) is 1. The van der Waals surface area contributed by atoms with Crippen molar-refractivity contribution in [2.45, 2.75) is 33.0 Å². The van der Waals surface area contributed by atoms with Gasteiger partial charge in [0, 0.05) is 37.9 Å². The summed E-state index contributed by atoms with van der Waals surface area (Å²) in [6.07, 6.45) is -2.17. The Bertz CT molecular complexity index is 1160. The fourth-order valence-electron chi connectivity index (χ4n) is 3.90. The molecule has 3 heterocycles. The first-order valence-corrected chi connectivity index (χ1v) is 11.3.